The first-order valence-electron chi connectivity index (χ1n) is 6.21. The Hall–Kier alpha value is -0.870. The number of primary amides is 1. The first-order valence-corrected chi connectivity index (χ1v) is 7.09. The number of aryl methyl sites for hydroxylation is 1. The van der Waals surface area contributed by atoms with Crippen LogP contribution < -0.4 is 11.1 Å². The lowest BCUT2D eigenvalue weighted by atomic mass is 9.92. The predicted octanol–water partition coefficient (Wildman–Crippen LogP) is 2.23. The number of carbonyl (C=O) groups excluding carboxylic acids is 1. The molecule has 2 unspecified atom stereocenters. The Morgan fingerprint density at radius 3 is 3.00 bits per heavy atom. The van der Waals surface area contributed by atoms with Crippen molar-refractivity contribution >= 4 is 17.2 Å². The quantitative estimate of drug-likeness (QED) is 0.863. The number of nitrogens with one attached hydrogen (secondary N) is 1. The Kier molecular flexibility index (Phi) is 3.84. The van der Waals surface area contributed by atoms with Gasteiger partial charge in [-0.25, -0.2) is 0 Å². The lowest BCUT2D eigenvalue weighted by molar-refractivity contribution is -0.121. The van der Waals surface area contributed by atoms with E-state index in [0.717, 1.165) is 6.42 Å². The molecular weight excluding hydrogens is 232 g/mol. The number of thiophene rings is 1. The van der Waals surface area contributed by atoms with Gasteiger partial charge in [0.05, 0.1) is 6.04 Å². The van der Waals surface area contributed by atoms with Gasteiger partial charge in [0.2, 0.25) is 5.91 Å². The average molecular weight is 252 g/mol. The van der Waals surface area contributed by atoms with Crippen molar-refractivity contribution in [3.63, 3.8) is 0 Å². The van der Waals surface area contributed by atoms with Crippen molar-refractivity contribution in [3.8, 4) is 0 Å². The van der Waals surface area contributed by atoms with Crippen LogP contribution in [0.4, 0.5) is 0 Å². The van der Waals surface area contributed by atoms with Gasteiger partial charge in [-0.05, 0) is 42.2 Å². The molecule has 17 heavy (non-hydrogen) atoms. The molecule has 1 aliphatic carbocycles. The smallest absolute Gasteiger partial charge is 0.234 e. The van der Waals surface area contributed by atoms with Crippen molar-refractivity contribution in [2.24, 2.45) is 11.7 Å². The monoisotopic (exact) mass is 252 g/mol. The van der Waals surface area contributed by atoms with E-state index in [2.05, 4.69) is 16.8 Å². The lowest BCUT2D eigenvalue weighted by Gasteiger charge is -2.29. The number of rotatable bonds is 4. The molecule has 94 valence electrons. The van der Waals surface area contributed by atoms with Gasteiger partial charge < -0.3 is 5.73 Å². The zero-order valence-corrected chi connectivity index (χ0v) is 11.2. The minimum Gasteiger partial charge on any atom is -0.368 e. The second-order valence-corrected chi connectivity index (χ2v) is 6.04. The van der Waals surface area contributed by atoms with E-state index in [1.807, 2.05) is 25.2 Å². The molecule has 2 atom stereocenters. The third kappa shape index (κ3) is 2.69. The first kappa shape index (κ1) is 12.6. The summed E-state index contributed by atoms with van der Waals surface area (Å²) in [6, 6.07) is 2.24. The van der Waals surface area contributed by atoms with Crippen LogP contribution in [0.3, 0.4) is 0 Å². The molecule has 2 rings (SSSR count). The maximum Gasteiger partial charge on any atom is 0.234 e. The fraction of sp³-hybridized carbons (Fsp3) is 0.615. The number of carbonyl (C=O) groups is 1. The average Bonchev–Trinajstić information content (AvgIpc) is 2.73. The van der Waals surface area contributed by atoms with Crippen molar-refractivity contribution in [3.05, 3.63) is 21.9 Å². The van der Waals surface area contributed by atoms with Crippen LogP contribution in [0.2, 0.25) is 0 Å². The van der Waals surface area contributed by atoms with E-state index in [0.29, 0.717) is 6.04 Å². The maximum atomic E-state index is 11.4. The van der Waals surface area contributed by atoms with Crippen molar-refractivity contribution in [2.75, 3.05) is 0 Å². The van der Waals surface area contributed by atoms with E-state index in [4.69, 9.17) is 5.73 Å². The zero-order valence-electron chi connectivity index (χ0n) is 10.4. The molecule has 3 N–H and O–H groups in total. The van der Waals surface area contributed by atoms with Gasteiger partial charge in [-0.3, -0.25) is 10.1 Å². The molecule has 1 aromatic rings. The van der Waals surface area contributed by atoms with Gasteiger partial charge in [0.25, 0.3) is 0 Å². The molecule has 0 saturated heterocycles. The summed E-state index contributed by atoms with van der Waals surface area (Å²) >= 11 is 1.82. The van der Waals surface area contributed by atoms with Crippen LogP contribution in [-0.4, -0.2) is 11.9 Å². The zero-order chi connectivity index (χ0) is 12.4. The minimum absolute atomic E-state index is 0.231. The molecule has 0 aliphatic heterocycles. The molecule has 4 heteroatoms. The van der Waals surface area contributed by atoms with Gasteiger partial charge in [-0.1, -0.05) is 13.8 Å². The van der Waals surface area contributed by atoms with Gasteiger partial charge in [0, 0.05) is 10.9 Å². The summed E-state index contributed by atoms with van der Waals surface area (Å²) in [7, 11) is 0. The largest absolute Gasteiger partial charge is 0.368 e. The standard InChI is InChI=1S/C13H20N2OS/c1-8(2)12(13(14)16)15-10-4-3-5-11-9(10)6-7-17-11/h6-8,10,12,15H,3-5H2,1-2H3,(H2,14,16). The highest BCUT2D eigenvalue weighted by Crippen LogP contribution is 2.33. The van der Waals surface area contributed by atoms with Crippen LogP contribution in [0.25, 0.3) is 0 Å². The van der Waals surface area contributed by atoms with E-state index >= 15 is 0 Å². The van der Waals surface area contributed by atoms with E-state index in [-0.39, 0.29) is 17.9 Å². The Morgan fingerprint density at radius 1 is 1.59 bits per heavy atom. The molecule has 0 aromatic carbocycles. The van der Waals surface area contributed by atoms with Gasteiger partial charge >= 0.3 is 0 Å². The molecule has 0 spiro atoms. The number of hydrogen-bond donors (Lipinski definition) is 2. The summed E-state index contributed by atoms with van der Waals surface area (Å²) in [5, 5.41) is 5.57. The highest BCUT2D eigenvalue weighted by atomic mass is 32.1. The van der Waals surface area contributed by atoms with Crippen molar-refractivity contribution in [2.45, 2.75) is 45.2 Å². The van der Waals surface area contributed by atoms with Crippen LogP contribution in [0, 0.1) is 5.92 Å². The third-order valence-corrected chi connectivity index (χ3v) is 4.40. The van der Waals surface area contributed by atoms with Crippen LogP contribution >= 0.6 is 11.3 Å². The molecule has 0 saturated carbocycles. The lowest BCUT2D eigenvalue weighted by Crippen LogP contribution is -2.46. The van der Waals surface area contributed by atoms with E-state index in [1.165, 1.54) is 23.3 Å². The topological polar surface area (TPSA) is 55.1 Å². The summed E-state index contributed by atoms with van der Waals surface area (Å²) in [4.78, 5) is 12.9. The molecule has 1 aromatic heterocycles. The van der Waals surface area contributed by atoms with Crippen LogP contribution in [0.1, 0.15) is 43.2 Å². The van der Waals surface area contributed by atoms with E-state index in [9.17, 15) is 4.79 Å². The first-order chi connectivity index (χ1) is 8.09. The molecule has 0 bridgehead atoms. The number of fused-ring (bicyclic) bond motifs is 1. The van der Waals surface area contributed by atoms with Crippen LogP contribution in [0.15, 0.2) is 11.4 Å². The maximum absolute atomic E-state index is 11.4. The highest BCUT2D eigenvalue weighted by molar-refractivity contribution is 7.10. The third-order valence-electron chi connectivity index (χ3n) is 3.41. The van der Waals surface area contributed by atoms with Crippen molar-refractivity contribution in [1.29, 1.82) is 0 Å². The molecule has 1 amide bonds. The van der Waals surface area contributed by atoms with Gasteiger partial charge in [-0.2, -0.15) is 0 Å². The Morgan fingerprint density at radius 2 is 2.35 bits per heavy atom. The predicted molar refractivity (Wildman–Crippen MR) is 71.0 cm³/mol. The molecular formula is C13H20N2OS. The summed E-state index contributed by atoms with van der Waals surface area (Å²) in [5.41, 5.74) is 6.82. The molecule has 0 radical (unpaired) electrons. The highest BCUT2D eigenvalue weighted by Gasteiger charge is 2.27. The minimum atomic E-state index is -0.248. The summed E-state index contributed by atoms with van der Waals surface area (Å²) in [5.74, 6) is -0.0149. The fourth-order valence-corrected chi connectivity index (χ4v) is 3.47. The van der Waals surface area contributed by atoms with Crippen LogP contribution in [0.5, 0.6) is 0 Å². The Labute approximate surface area is 106 Å². The van der Waals surface area contributed by atoms with Crippen molar-refractivity contribution < 1.29 is 4.79 Å². The summed E-state index contributed by atoms with van der Waals surface area (Å²) in [6.07, 6.45) is 3.46. The number of amides is 1. The second kappa shape index (κ2) is 5.19. The molecule has 1 aliphatic rings. The van der Waals surface area contributed by atoms with Crippen molar-refractivity contribution in [1.82, 2.24) is 5.32 Å². The molecule has 0 fully saturated rings. The Bertz CT molecular complexity index is 400. The molecule has 3 nitrogen and oxygen atoms in total. The number of nitrogens with two attached hydrogens (primary N) is 1. The van der Waals surface area contributed by atoms with Crippen LogP contribution in [-0.2, 0) is 11.2 Å². The Balaban J connectivity index is 2.12. The normalized spacial score (nSPS) is 21.2. The molecule has 1 heterocycles. The second-order valence-electron chi connectivity index (χ2n) is 5.03. The van der Waals surface area contributed by atoms with Gasteiger partial charge in [-0.15, -0.1) is 11.3 Å². The van der Waals surface area contributed by atoms with Gasteiger partial charge in [0.15, 0.2) is 0 Å². The number of hydrogen-bond acceptors (Lipinski definition) is 3. The fourth-order valence-electron chi connectivity index (χ4n) is 2.48. The van der Waals surface area contributed by atoms with E-state index < -0.39 is 0 Å². The van der Waals surface area contributed by atoms with E-state index in [1.54, 1.807) is 0 Å². The summed E-state index contributed by atoms with van der Waals surface area (Å²) in [6.45, 7) is 4.06. The SMILES string of the molecule is CC(C)C(NC1CCCc2sccc21)C(N)=O. The summed E-state index contributed by atoms with van der Waals surface area (Å²) < 4.78 is 0. The van der Waals surface area contributed by atoms with Gasteiger partial charge in [0.1, 0.15) is 0 Å².